The van der Waals surface area contributed by atoms with Gasteiger partial charge in [0.25, 0.3) is 5.56 Å². The summed E-state index contributed by atoms with van der Waals surface area (Å²) in [4.78, 5) is 28.9. The van der Waals surface area contributed by atoms with Gasteiger partial charge in [-0.3, -0.25) is 13.9 Å². The van der Waals surface area contributed by atoms with E-state index in [9.17, 15) is 14.7 Å². The van der Waals surface area contributed by atoms with Crippen LogP contribution in [0, 0.1) is 0 Å². The van der Waals surface area contributed by atoms with Crippen molar-refractivity contribution in [3.8, 4) is 0 Å². The molecule has 2 aromatic heterocycles. The summed E-state index contributed by atoms with van der Waals surface area (Å²) in [5, 5.41) is 13.4. The molecular formula is C17H21N5O3. The highest BCUT2D eigenvalue weighted by molar-refractivity contribution is 5.74. The van der Waals surface area contributed by atoms with E-state index in [1.54, 1.807) is 11.6 Å². The zero-order chi connectivity index (χ0) is 18.1. The lowest BCUT2D eigenvalue weighted by Crippen LogP contribution is -2.37. The van der Waals surface area contributed by atoms with Crippen molar-refractivity contribution in [2.45, 2.75) is 19.6 Å². The molecule has 1 atom stereocenters. The maximum absolute atomic E-state index is 12.5. The van der Waals surface area contributed by atoms with Gasteiger partial charge in [0, 0.05) is 27.2 Å². The summed E-state index contributed by atoms with van der Waals surface area (Å²) in [6.07, 6.45) is -0.710. The first-order valence-electron chi connectivity index (χ1n) is 8.08. The van der Waals surface area contributed by atoms with E-state index < -0.39 is 11.8 Å². The van der Waals surface area contributed by atoms with Crippen molar-refractivity contribution in [3.63, 3.8) is 0 Å². The number of hydrogen-bond donors (Lipinski definition) is 2. The summed E-state index contributed by atoms with van der Waals surface area (Å²) >= 11 is 0. The van der Waals surface area contributed by atoms with Crippen molar-refractivity contribution in [1.82, 2.24) is 18.7 Å². The van der Waals surface area contributed by atoms with Crippen LogP contribution in [0.15, 0.2) is 39.9 Å². The molecular weight excluding hydrogens is 322 g/mol. The molecule has 132 valence electrons. The van der Waals surface area contributed by atoms with Crippen LogP contribution in [0.2, 0.25) is 0 Å². The summed E-state index contributed by atoms with van der Waals surface area (Å²) in [5.74, 6) is 0.450. The first-order valence-corrected chi connectivity index (χ1v) is 8.08. The smallest absolute Gasteiger partial charge is 0.332 e. The molecule has 8 nitrogen and oxygen atoms in total. The molecule has 0 aliphatic heterocycles. The molecule has 0 unspecified atom stereocenters. The summed E-state index contributed by atoms with van der Waals surface area (Å²) in [6.45, 7) is 2.64. The molecule has 3 aromatic rings. The molecule has 25 heavy (non-hydrogen) atoms. The van der Waals surface area contributed by atoms with Crippen molar-refractivity contribution >= 4 is 17.1 Å². The second-order valence-corrected chi connectivity index (χ2v) is 5.87. The third-order valence-corrected chi connectivity index (χ3v) is 4.30. The molecule has 0 saturated carbocycles. The lowest BCUT2D eigenvalue weighted by molar-refractivity contribution is 0.191. The molecule has 0 amide bonds. The molecule has 2 heterocycles. The fraction of sp³-hybridized carbons (Fsp3) is 0.353. The van der Waals surface area contributed by atoms with Gasteiger partial charge in [-0.2, -0.15) is 4.98 Å². The van der Waals surface area contributed by atoms with E-state index in [4.69, 9.17) is 0 Å². The van der Waals surface area contributed by atoms with Crippen molar-refractivity contribution in [1.29, 1.82) is 0 Å². The fourth-order valence-electron chi connectivity index (χ4n) is 2.87. The maximum atomic E-state index is 12.5. The van der Waals surface area contributed by atoms with Crippen molar-refractivity contribution in [3.05, 3.63) is 56.7 Å². The zero-order valence-electron chi connectivity index (χ0n) is 14.4. The molecule has 3 rings (SSSR count). The van der Waals surface area contributed by atoms with Crippen LogP contribution in [0.4, 0.5) is 5.95 Å². The second-order valence-electron chi connectivity index (χ2n) is 5.87. The lowest BCUT2D eigenvalue weighted by atomic mass is 10.1. The van der Waals surface area contributed by atoms with Crippen LogP contribution in [-0.2, 0) is 20.6 Å². The molecule has 8 heteroatoms. The third-order valence-electron chi connectivity index (χ3n) is 4.30. The van der Waals surface area contributed by atoms with Crippen LogP contribution in [0.3, 0.4) is 0 Å². The predicted octanol–water partition coefficient (Wildman–Crippen LogP) is 0.599. The molecule has 0 aliphatic carbocycles. The first kappa shape index (κ1) is 17.0. The zero-order valence-corrected chi connectivity index (χ0v) is 14.4. The number of nitrogens with zero attached hydrogens (tertiary/aromatic N) is 4. The van der Waals surface area contributed by atoms with E-state index >= 15 is 0 Å². The number of anilines is 1. The highest BCUT2D eigenvalue weighted by atomic mass is 16.3. The highest BCUT2D eigenvalue weighted by Gasteiger charge is 2.18. The largest absolute Gasteiger partial charge is 0.387 e. The summed E-state index contributed by atoms with van der Waals surface area (Å²) in [5.41, 5.74) is 0.672. The van der Waals surface area contributed by atoms with E-state index in [0.29, 0.717) is 23.7 Å². The Hall–Kier alpha value is -2.87. The Labute approximate surface area is 144 Å². The summed E-state index contributed by atoms with van der Waals surface area (Å²) < 4.78 is 4.13. The molecule has 0 aliphatic rings. The average molecular weight is 343 g/mol. The van der Waals surface area contributed by atoms with Crippen molar-refractivity contribution in [2.75, 3.05) is 11.9 Å². The number of benzene rings is 1. The fourth-order valence-corrected chi connectivity index (χ4v) is 2.87. The third kappa shape index (κ3) is 2.85. The molecule has 0 saturated heterocycles. The van der Waals surface area contributed by atoms with Crippen LogP contribution >= 0.6 is 0 Å². The Kier molecular flexibility index (Phi) is 4.45. The molecule has 0 spiro atoms. The van der Waals surface area contributed by atoms with Gasteiger partial charge in [-0.05, 0) is 12.5 Å². The Morgan fingerprint density at radius 2 is 1.84 bits per heavy atom. The predicted molar refractivity (Wildman–Crippen MR) is 95.8 cm³/mol. The highest BCUT2D eigenvalue weighted by Crippen LogP contribution is 2.17. The van der Waals surface area contributed by atoms with E-state index in [-0.39, 0.29) is 12.1 Å². The molecule has 2 N–H and O–H groups in total. The van der Waals surface area contributed by atoms with E-state index in [1.165, 1.54) is 11.6 Å². The number of aryl methyl sites for hydroxylation is 2. The normalized spacial score (nSPS) is 12.5. The minimum atomic E-state index is -0.710. The number of aromatic nitrogens is 4. The molecule has 0 fully saturated rings. The topological polar surface area (TPSA) is 94.1 Å². The second kappa shape index (κ2) is 6.56. The summed E-state index contributed by atoms with van der Waals surface area (Å²) in [7, 11) is 3.03. The van der Waals surface area contributed by atoms with Gasteiger partial charge in [0.2, 0.25) is 5.95 Å². The van der Waals surface area contributed by atoms with Crippen LogP contribution in [0.25, 0.3) is 11.2 Å². The minimum Gasteiger partial charge on any atom is -0.387 e. The van der Waals surface area contributed by atoms with Gasteiger partial charge in [0.05, 0.1) is 6.10 Å². The maximum Gasteiger partial charge on any atom is 0.332 e. The lowest BCUT2D eigenvalue weighted by Gasteiger charge is -2.13. The Bertz CT molecular complexity index is 1020. The molecule has 1 aromatic carbocycles. The number of hydrogen-bond acceptors (Lipinski definition) is 5. The van der Waals surface area contributed by atoms with E-state index in [0.717, 1.165) is 10.1 Å². The van der Waals surface area contributed by atoms with Gasteiger partial charge in [-0.25, -0.2) is 4.79 Å². The number of aliphatic hydroxyl groups is 1. The van der Waals surface area contributed by atoms with Gasteiger partial charge >= 0.3 is 5.69 Å². The average Bonchev–Trinajstić information content (AvgIpc) is 3.02. The van der Waals surface area contributed by atoms with Gasteiger partial charge in [-0.1, -0.05) is 30.3 Å². The van der Waals surface area contributed by atoms with Gasteiger partial charge < -0.3 is 15.0 Å². The van der Waals surface area contributed by atoms with Gasteiger partial charge in [0.15, 0.2) is 11.2 Å². The van der Waals surface area contributed by atoms with Crippen LogP contribution in [0.5, 0.6) is 0 Å². The quantitative estimate of drug-likeness (QED) is 0.707. The van der Waals surface area contributed by atoms with Crippen LogP contribution < -0.4 is 16.6 Å². The summed E-state index contributed by atoms with van der Waals surface area (Å²) in [6, 6.07) is 9.29. The SMILES string of the molecule is CCn1c(NC[C@H](O)c2ccccc2)nc2c1c(=O)n(C)c(=O)n2C. The number of fused-ring (bicyclic) bond motifs is 1. The van der Waals surface area contributed by atoms with Crippen LogP contribution in [0.1, 0.15) is 18.6 Å². The van der Waals surface area contributed by atoms with Gasteiger partial charge in [0.1, 0.15) is 0 Å². The minimum absolute atomic E-state index is 0.238. The van der Waals surface area contributed by atoms with E-state index in [2.05, 4.69) is 10.3 Å². The number of imidazole rings is 1. The number of aliphatic hydroxyl groups excluding tert-OH is 1. The number of nitrogens with one attached hydrogen (secondary N) is 1. The Morgan fingerprint density at radius 3 is 2.48 bits per heavy atom. The van der Waals surface area contributed by atoms with Gasteiger partial charge in [-0.15, -0.1) is 0 Å². The Morgan fingerprint density at radius 1 is 1.16 bits per heavy atom. The first-order chi connectivity index (χ1) is 12.0. The molecule has 0 bridgehead atoms. The Balaban J connectivity index is 2.00. The van der Waals surface area contributed by atoms with Crippen molar-refractivity contribution in [2.24, 2.45) is 14.1 Å². The van der Waals surface area contributed by atoms with Crippen molar-refractivity contribution < 1.29 is 5.11 Å². The van der Waals surface area contributed by atoms with E-state index in [1.807, 2.05) is 37.3 Å². The van der Waals surface area contributed by atoms with Crippen LogP contribution in [-0.4, -0.2) is 30.3 Å². The monoisotopic (exact) mass is 343 g/mol. The standard InChI is InChI=1S/C17H21N5O3/c1-4-22-13-14(20(2)17(25)21(3)15(13)24)19-16(22)18-10-12(23)11-8-6-5-7-9-11/h5-9,12,23H,4,10H2,1-3H3,(H,18,19)/t12-/m0/s1. The number of rotatable bonds is 5. The molecule has 0 radical (unpaired) electrons.